The Bertz CT molecular complexity index is 749. The highest BCUT2D eigenvalue weighted by Gasteiger charge is 2.27. The van der Waals surface area contributed by atoms with Gasteiger partial charge in [-0.2, -0.15) is 0 Å². The fraction of sp³-hybridized carbons (Fsp3) is 0.389. The van der Waals surface area contributed by atoms with E-state index >= 15 is 0 Å². The largest absolute Gasteiger partial charge is 0.481 e. The van der Waals surface area contributed by atoms with Gasteiger partial charge in [-0.3, -0.25) is 4.79 Å². The fourth-order valence-corrected chi connectivity index (χ4v) is 2.76. The Morgan fingerprint density at radius 1 is 1.36 bits per heavy atom. The van der Waals surface area contributed by atoms with Gasteiger partial charge in [0.05, 0.1) is 18.8 Å². The number of ether oxygens (including phenoxy) is 2. The van der Waals surface area contributed by atoms with Crippen molar-refractivity contribution in [3.63, 3.8) is 0 Å². The lowest BCUT2D eigenvalue weighted by molar-refractivity contribution is -0.141. The second kappa shape index (κ2) is 7.57. The number of aryl methyl sites for hydroxylation is 2. The van der Waals surface area contributed by atoms with Crippen LogP contribution in [0.3, 0.4) is 0 Å². The average Bonchev–Trinajstić information content (AvgIpc) is 2.60. The zero-order valence-electron chi connectivity index (χ0n) is 14.2. The number of amides is 1. The molecule has 0 N–H and O–H groups in total. The molecule has 25 heavy (non-hydrogen) atoms. The third-order valence-electron chi connectivity index (χ3n) is 3.92. The Morgan fingerprint density at radius 3 is 2.92 bits per heavy atom. The summed E-state index contributed by atoms with van der Waals surface area (Å²) in [5, 5.41) is 0. The molecule has 1 atom stereocenters. The van der Waals surface area contributed by atoms with E-state index in [1.165, 1.54) is 12.1 Å². The number of hydrogen-bond donors (Lipinski definition) is 0. The van der Waals surface area contributed by atoms with Crippen LogP contribution in [-0.2, 0) is 9.53 Å². The van der Waals surface area contributed by atoms with Crippen LogP contribution in [0, 0.1) is 19.7 Å². The van der Waals surface area contributed by atoms with Gasteiger partial charge in [-0.1, -0.05) is 12.1 Å². The molecule has 0 spiro atoms. The molecule has 132 valence electrons. The van der Waals surface area contributed by atoms with Crippen LogP contribution in [0.15, 0.2) is 30.3 Å². The molecule has 1 fully saturated rings. The van der Waals surface area contributed by atoms with Crippen LogP contribution in [0.1, 0.15) is 23.3 Å². The molecule has 0 aliphatic carbocycles. The summed E-state index contributed by atoms with van der Waals surface area (Å²) < 4.78 is 24.6. The summed E-state index contributed by atoms with van der Waals surface area (Å²) in [6.07, 6.45) is -0.299. The molecule has 0 radical (unpaired) electrons. The van der Waals surface area contributed by atoms with Gasteiger partial charge in [0.15, 0.2) is 18.2 Å². The number of benzene rings is 1. The number of rotatable bonds is 4. The van der Waals surface area contributed by atoms with Gasteiger partial charge in [0, 0.05) is 12.2 Å². The summed E-state index contributed by atoms with van der Waals surface area (Å²) in [5.41, 5.74) is 1.62. The van der Waals surface area contributed by atoms with Crippen LogP contribution >= 0.6 is 0 Å². The quantitative estimate of drug-likeness (QED) is 0.850. The van der Waals surface area contributed by atoms with E-state index in [1.54, 1.807) is 17.0 Å². The van der Waals surface area contributed by atoms with Crippen molar-refractivity contribution in [3.05, 3.63) is 53.4 Å². The van der Waals surface area contributed by atoms with E-state index < -0.39 is 5.82 Å². The number of halogens is 1. The number of hydrogen-bond acceptors (Lipinski definition) is 5. The maximum Gasteiger partial charge on any atom is 0.260 e. The average molecular weight is 345 g/mol. The molecule has 1 aliphatic rings. The van der Waals surface area contributed by atoms with Crippen molar-refractivity contribution < 1.29 is 18.7 Å². The summed E-state index contributed by atoms with van der Waals surface area (Å²) in [5.74, 6) is 0.0498. The first-order valence-corrected chi connectivity index (χ1v) is 8.12. The van der Waals surface area contributed by atoms with Gasteiger partial charge in [0.1, 0.15) is 11.9 Å². The molecule has 1 amide bonds. The molecular weight excluding hydrogens is 325 g/mol. The number of nitrogens with zero attached hydrogens (tertiary/aromatic N) is 3. The molecule has 6 nitrogen and oxygen atoms in total. The molecule has 3 rings (SSSR count). The van der Waals surface area contributed by atoms with E-state index in [0.29, 0.717) is 25.5 Å². The van der Waals surface area contributed by atoms with E-state index in [-0.39, 0.29) is 24.4 Å². The van der Waals surface area contributed by atoms with Crippen molar-refractivity contribution >= 4 is 5.91 Å². The van der Waals surface area contributed by atoms with Crippen molar-refractivity contribution in [3.8, 4) is 5.75 Å². The van der Waals surface area contributed by atoms with Crippen LogP contribution in [0.2, 0.25) is 0 Å². The molecular formula is C18H20FN3O3. The molecule has 0 saturated carbocycles. The molecule has 1 aliphatic heterocycles. The van der Waals surface area contributed by atoms with Gasteiger partial charge in [-0.15, -0.1) is 0 Å². The number of para-hydroxylation sites is 1. The summed E-state index contributed by atoms with van der Waals surface area (Å²) in [7, 11) is 0. The summed E-state index contributed by atoms with van der Waals surface area (Å²) >= 11 is 0. The normalized spacial score (nSPS) is 17.4. The first-order valence-electron chi connectivity index (χ1n) is 8.12. The van der Waals surface area contributed by atoms with Gasteiger partial charge in [-0.25, -0.2) is 14.4 Å². The van der Waals surface area contributed by atoms with Crippen LogP contribution < -0.4 is 4.74 Å². The molecule has 2 aromatic rings. The van der Waals surface area contributed by atoms with Gasteiger partial charge < -0.3 is 14.4 Å². The maximum atomic E-state index is 13.6. The lowest BCUT2D eigenvalue weighted by Crippen LogP contribution is -2.44. The standard InChI is InChI=1S/C18H20FN3O3/c1-12-9-15(21-13(2)20-12)17-10-22(7-8-24-17)18(23)11-25-16-6-4-3-5-14(16)19/h3-6,9,17H,7-8,10-11H2,1-2H3/t17-/m0/s1. The Balaban J connectivity index is 1.62. The third-order valence-corrected chi connectivity index (χ3v) is 3.92. The Labute approximate surface area is 145 Å². The molecule has 1 aromatic heterocycles. The molecule has 0 unspecified atom stereocenters. The minimum atomic E-state index is -0.484. The highest BCUT2D eigenvalue weighted by Crippen LogP contribution is 2.22. The van der Waals surface area contributed by atoms with Crippen molar-refractivity contribution in [2.24, 2.45) is 0 Å². The summed E-state index contributed by atoms with van der Waals surface area (Å²) in [6.45, 7) is 4.78. The zero-order valence-corrected chi connectivity index (χ0v) is 14.2. The van der Waals surface area contributed by atoms with Crippen LogP contribution in [0.5, 0.6) is 5.75 Å². The highest BCUT2D eigenvalue weighted by molar-refractivity contribution is 5.78. The van der Waals surface area contributed by atoms with Crippen molar-refractivity contribution in [2.45, 2.75) is 20.0 Å². The second-order valence-electron chi connectivity index (χ2n) is 5.90. The Morgan fingerprint density at radius 2 is 2.16 bits per heavy atom. The van der Waals surface area contributed by atoms with Crippen molar-refractivity contribution in [2.75, 3.05) is 26.3 Å². The van der Waals surface area contributed by atoms with Gasteiger partial charge in [-0.05, 0) is 32.0 Å². The van der Waals surface area contributed by atoms with Gasteiger partial charge in [0.25, 0.3) is 5.91 Å². The van der Waals surface area contributed by atoms with Crippen LogP contribution in [-0.4, -0.2) is 47.1 Å². The van der Waals surface area contributed by atoms with Gasteiger partial charge >= 0.3 is 0 Å². The molecule has 7 heteroatoms. The van der Waals surface area contributed by atoms with E-state index in [1.807, 2.05) is 19.9 Å². The highest BCUT2D eigenvalue weighted by atomic mass is 19.1. The minimum Gasteiger partial charge on any atom is -0.481 e. The lowest BCUT2D eigenvalue weighted by Gasteiger charge is -2.32. The van der Waals surface area contributed by atoms with Crippen LogP contribution in [0.4, 0.5) is 4.39 Å². The summed E-state index contributed by atoms with van der Waals surface area (Å²) in [6, 6.07) is 7.89. The number of morpholine rings is 1. The predicted molar refractivity (Wildman–Crippen MR) is 88.7 cm³/mol. The minimum absolute atomic E-state index is 0.0720. The van der Waals surface area contributed by atoms with Gasteiger partial charge in [0.2, 0.25) is 0 Å². The van der Waals surface area contributed by atoms with E-state index in [4.69, 9.17) is 9.47 Å². The van der Waals surface area contributed by atoms with Crippen LogP contribution in [0.25, 0.3) is 0 Å². The first kappa shape index (κ1) is 17.3. The SMILES string of the molecule is Cc1cc([C@@H]2CN(C(=O)COc3ccccc3F)CCO2)nc(C)n1. The number of carbonyl (C=O) groups excluding carboxylic acids is 1. The molecule has 0 bridgehead atoms. The predicted octanol–water partition coefficient (Wildman–Crippen LogP) is 2.21. The van der Waals surface area contributed by atoms with E-state index in [2.05, 4.69) is 9.97 Å². The van der Waals surface area contributed by atoms with E-state index in [9.17, 15) is 9.18 Å². The monoisotopic (exact) mass is 345 g/mol. The van der Waals surface area contributed by atoms with Crippen molar-refractivity contribution in [1.82, 2.24) is 14.9 Å². The zero-order chi connectivity index (χ0) is 17.8. The maximum absolute atomic E-state index is 13.6. The fourth-order valence-electron chi connectivity index (χ4n) is 2.76. The lowest BCUT2D eigenvalue weighted by atomic mass is 10.1. The molecule has 1 saturated heterocycles. The van der Waals surface area contributed by atoms with E-state index in [0.717, 1.165) is 11.4 Å². The smallest absolute Gasteiger partial charge is 0.260 e. The Kier molecular flexibility index (Phi) is 5.23. The number of carbonyl (C=O) groups is 1. The molecule has 1 aromatic carbocycles. The Hall–Kier alpha value is -2.54. The first-order chi connectivity index (χ1) is 12.0. The van der Waals surface area contributed by atoms with Crippen molar-refractivity contribution in [1.29, 1.82) is 0 Å². The summed E-state index contributed by atoms with van der Waals surface area (Å²) in [4.78, 5) is 22.7. The second-order valence-corrected chi connectivity index (χ2v) is 5.90. The number of aromatic nitrogens is 2. The third kappa shape index (κ3) is 4.30. The molecule has 2 heterocycles. The topological polar surface area (TPSA) is 64.6 Å².